The lowest BCUT2D eigenvalue weighted by molar-refractivity contribution is 0.576. The SMILES string of the molecule is Cc1cc(C)c(S(=O)(=O)NCCc2ccccc2F)c(C)c1. The predicted octanol–water partition coefficient (Wildman–Crippen LogP) is 3.27. The summed E-state index contributed by atoms with van der Waals surface area (Å²) in [6, 6.07) is 10.1. The van der Waals surface area contributed by atoms with Gasteiger partial charge in [0.15, 0.2) is 0 Å². The maximum absolute atomic E-state index is 13.5. The molecule has 0 amide bonds. The van der Waals surface area contributed by atoms with E-state index in [1.54, 1.807) is 32.0 Å². The predicted molar refractivity (Wildman–Crippen MR) is 85.9 cm³/mol. The molecule has 5 heteroatoms. The Bertz CT molecular complexity index is 762. The molecule has 3 nitrogen and oxygen atoms in total. The Morgan fingerprint density at radius 3 is 2.23 bits per heavy atom. The van der Waals surface area contributed by atoms with Crippen molar-refractivity contribution in [3.63, 3.8) is 0 Å². The van der Waals surface area contributed by atoms with Crippen LogP contribution in [-0.2, 0) is 16.4 Å². The molecule has 0 radical (unpaired) electrons. The largest absolute Gasteiger partial charge is 0.241 e. The quantitative estimate of drug-likeness (QED) is 0.918. The molecule has 0 saturated carbocycles. The number of halogens is 1. The van der Waals surface area contributed by atoms with Crippen molar-refractivity contribution in [2.24, 2.45) is 0 Å². The molecule has 2 aromatic rings. The molecule has 0 atom stereocenters. The van der Waals surface area contributed by atoms with E-state index in [1.165, 1.54) is 6.07 Å². The number of hydrogen-bond acceptors (Lipinski definition) is 2. The van der Waals surface area contributed by atoms with Crippen LogP contribution in [0.5, 0.6) is 0 Å². The van der Waals surface area contributed by atoms with Crippen LogP contribution in [0.3, 0.4) is 0 Å². The van der Waals surface area contributed by atoms with Crippen LogP contribution in [-0.4, -0.2) is 15.0 Å². The van der Waals surface area contributed by atoms with Crippen molar-refractivity contribution >= 4 is 10.0 Å². The molecule has 22 heavy (non-hydrogen) atoms. The molecule has 0 saturated heterocycles. The molecule has 118 valence electrons. The summed E-state index contributed by atoms with van der Waals surface area (Å²) >= 11 is 0. The van der Waals surface area contributed by atoms with Gasteiger partial charge in [0.25, 0.3) is 0 Å². The monoisotopic (exact) mass is 321 g/mol. The first-order chi connectivity index (χ1) is 10.3. The summed E-state index contributed by atoms with van der Waals surface area (Å²) in [5, 5.41) is 0. The summed E-state index contributed by atoms with van der Waals surface area (Å²) in [6.45, 7) is 5.66. The van der Waals surface area contributed by atoms with Gasteiger partial charge in [-0.05, 0) is 49.9 Å². The van der Waals surface area contributed by atoms with E-state index in [0.29, 0.717) is 16.9 Å². The van der Waals surface area contributed by atoms with Crippen LogP contribution >= 0.6 is 0 Å². The van der Waals surface area contributed by atoms with Gasteiger partial charge in [-0.25, -0.2) is 17.5 Å². The molecule has 0 spiro atoms. The number of sulfonamides is 1. The molecule has 0 unspecified atom stereocenters. The van der Waals surface area contributed by atoms with Gasteiger partial charge in [0, 0.05) is 6.54 Å². The van der Waals surface area contributed by atoms with E-state index in [9.17, 15) is 12.8 Å². The van der Waals surface area contributed by atoms with Crippen LogP contribution in [0.15, 0.2) is 41.3 Å². The average molecular weight is 321 g/mol. The highest BCUT2D eigenvalue weighted by Crippen LogP contribution is 2.21. The van der Waals surface area contributed by atoms with Crippen molar-refractivity contribution in [2.45, 2.75) is 32.1 Å². The van der Waals surface area contributed by atoms with Gasteiger partial charge in [0.05, 0.1) is 4.90 Å². The number of benzene rings is 2. The molecular formula is C17H20FNO2S. The molecule has 2 rings (SSSR count). The number of nitrogens with one attached hydrogen (secondary N) is 1. The minimum absolute atomic E-state index is 0.163. The second-order valence-corrected chi connectivity index (χ2v) is 7.17. The van der Waals surface area contributed by atoms with Gasteiger partial charge in [-0.1, -0.05) is 35.9 Å². The van der Waals surface area contributed by atoms with Crippen molar-refractivity contribution < 1.29 is 12.8 Å². The zero-order chi connectivity index (χ0) is 16.3. The van der Waals surface area contributed by atoms with E-state index in [2.05, 4.69) is 4.72 Å². The van der Waals surface area contributed by atoms with Crippen molar-refractivity contribution in [2.75, 3.05) is 6.54 Å². The van der Waals surface area contributed by atoms with Crippen LogP contribution in [0.25, 0.3) is 0 Å². The van der Waals surface area contributed by atoms with Gasteiger partial charge in [-0.2, -0.15) is 0 Å². The first kappa shape index (κ1) is 16.6. The first-order valence-corrected chi connectivity index (χ1v) is 8.60. The third-order valence-electron chi connectivity index (χ3n) is 3.52. The van der Waals surface area contributed by atoms with Crippen molar-refractivity contribution in [3.8, 4) is 0 Å². The van der Waals surface area contributed by atoms with Gasteiger partial charge >= 0.3 is 0 Å². The molecule has 0 heterocycles. The smallest absolute Gasteiger partial charge is 0.211 e. The van der Waals surface area contributed by atoms with Crippen LogP contribution in [0.1, 0.15) is 22.3 Å². The maximum atomic E-state index is 13.5. The van der Waals surface area contributed by atoms with Crippen LogP contribution in [0.2, 0.25) is 0 Å². The highest BCUT2D eigenvalue weighted by atomic mass is 32.2. The van der Waals surface area contributed by atoms with E-state index in [1.807, 2.05) is 19.1 Å². The fraction of sp³-hybridized carbons (Fsp3) is 0.294. The Morgan fingerprint density at radius 2 is 1.64 bits per heavy atom. The summed E-state index contributed by atoms with van der Waals surface area (Å²) in [7, 11) is -3.59. The first-order valence-electron chi connectivity index (χ1n) is 7.12. The molecule has 2 aromatic carbocycles. The second kappa shape index (κ2) is 6.58. The number of hydrogen-bond donors (Lipinski definition) is 1. The van der Waals surface area contributed by atoms with E-state index in [4.69, 9.17) is 0 Å². The zero-order valence-corrected chi connectivity index (χ0v) is 13.8. The minimum Gasteiger partial charge on any atom is -0.211 e. The highest BCUT2D eigenvalue weighted by molar-refractivity contribution is 7.89. The zero-order valence-electron chi connectivity index (χ0n) is 13.0. The summed E-state index contributed by atoms with van der Waals surface area (Å²) in [5.74, 6) is -0.315. The average Bonchev–Trinajstić information content (AvgIpc) is 2.39. The Labute approximate surface area is 131 Å². The standard InChI is InChI=1S/C17H20FNO2S/c1-12-10-13(2)17(14(3)11-12)22(20,21)19-9-8-15-6-4-5-7-16(15)18/h4-7,10-11,19H,8-9H2,1-3H3. The highest BCUT2D eigenvalue weighted by Gasteiger charge is 2.19. The fourth-order valence-electron chi connectivity index (χ4n) is 2.68. The lowest BCUT2D eigenvalue weighted by Gasteiger charge is -2.13. The Kier molecular flexibility index (Phi) is 4.98. The Balaban J connectivity index is 2.14. The topological polar surface area (TPSA) is 46.2 Å². The summed E-state index contributed by atoms with van der Waals surface area (Å²) in [6.07, 6.45) is 0.315. The maximum Gasteiger partial charge on any atom is 0.241 e. The summed E-state index contributed by atoms with van der Waals surface area (Å²) in [5.41, 5.74) is 2.97. The van der Waals surface area contributed by atoms with E-state index >= 15 is 0 Å². The van der Waals surface area contributed by atoms with Crippen LogP contribution < -0.4 is 4.72 Å². The Hall–Kier alpha value is -1.72. The van der Waals surface area contributed by atoms with Gasteiger partial charge in [0.1, 0.15) is 5.82 Å². The minimum atomic E-state index is -3.59. The molecule has 0 bridgehead atoms. The molecular weight excluding hydrogens is 301 g/mol. The molecule has 0 aliphatic rings. The van der Waals surface area contributed by atoms with Gasteiger partial charge in [-0.3, -0.25) is 0 Å². The lowest BCUT2D eigenvalue weighted by atomic mass is 10.1. The van der Waals surface area contributed by atoms with Crippen LogP contribution in [0, 0.1) is 26.6 Å². The van der Waals surface area contributed by atoms with Gasteiger partial charge < -0.3 is 0 Å². The second-order valence-electron chi connectivity index (χ2n) is 5.47. The van der Waals surface area contributed by atoms with Gasteiger partial charge in [-0.15, -0.1) is 0 Å². The third-order valence-corrected chi connectivity index (χ3v) is 5.28. The van der Waals surface area contributed by atoms with Crippen LogP contribution in [0.4, 0.5) is 4.39 Å². The van der Waals surface area contributed by atoms with Crippen molar-refractivity contribution in [3.05, 3.63) is 64.5 Å². The van der Waals surface area contributed by atoms with Gasteiger partial charge in [0.2, 0.25) is 10.0 Å². The third kappa shape index (κ3) is 3.72. The van der Waals surface area contributed by atoms with Crippen molar-refractivity contribution in [1.82, 2.24) is 4.72 Å². The van der Waals surface area contributed by atoms with E-state index in [0.717, 1.165) is 16.7 Å². The van der Waals surface area contributed by atoms with Crippen molar-refractivity contribution in [1.29, 1.82) is 0 Å². The number of aryl methyl sites for hydroxylation is 3. The molecule has 0 aromatic heterocycles. The molecule has 0 fully saturated rings. The molecule has 1 N–H and O–H groups in total. The van der Waals surface area contributed by atoms with E-state index < -0.39 is 10.0 Å². The molecule has 0 aliphatic carbocycles. The lowest BCUT2D eigenvalue weighted by Crippen LogP contribution is -2.27. The summed E-state index contributed by atoms with van der Waals surface area (Å²) < 4.78 is 41.0. The normalized spacial score (nSPS) is 11.6. The van der Waals surface area contributed by atoms with E-state index in [-0.39, 0.29) is 12.4 Å². The Morgan fingerprint density at radius 1 is 1.05 bits per heavy atom. The number of rotatable bonds is 5. The molecule has 0 aliphatic heterocycles. The fourth-order valence-corrected chi connectivity index (χ4v) is 4.16. The summed E-state index contributed by atoms with van der Waals surface area (Å²) in [4.78, 5) is 0.312.